The Kier molecular flexibility index (Phi) is 6.12. The van der Waals surface area contributed by atoms with Gasteiger partial charge in [0.15, 0.2) is 0 Å². The first kappa shape index (κ1) is 17.9. The average Bonchev–Trinajstić information content (AvgIpc) is 2.36. The van der Waals surface area contributed by atoms with E-state index in [1.807, 2.05) is 0 Å². The van der Waals surface area contributed by atoms with E-state index in [0.29, 0.717) is 18.6 Å². The fourth-order valence-electron chi connectivity index (χ4n) is 2.25. The molecule has 1 aromatic rings. The monoisotopic (exact) mass is 317 g/mol. The Morgan fingerprint density at radius 1 is 1.24 bits per heavy atom. The number of nitrogens with two attached hydrogens (primary N) is 1. The molecule has 0 aliphatic carbocycles. The second kappa shape index (κ2) is 7.20. The van der Waals surface area contributed by atoms with Crippen molar-refractivity contribution in [3.8, 4) is 0 Å². The van der Waals surface area contributed by atoms with Gasteiger partial charge in [0.1, 0.15) is 10.7 Å². The molecule has 0 bridgehead atoms. The minimum absolute atomic E-state index is 0.219. The molecule has 0 fully saturated rings. The fourth-order valence-corrected chi connectivity index (χ4v) is 3.41. The SMILES string of the molecule is CC(C)N(CCNS(=O)(=O)c1cccc(F)c1N)C(C)C. The topological polar surface area (TPSA) is 75.4 Å². The van der Waals surface area contributed by atoms with E-state index in [1.165, 1.54) is 12.1 Å². The minimum atomic E-state index is -3.80. The number of halogens is 1. The van der Waals surface area contributed by atoms with Crippen molar-refractivity contribution < 1.29 is 12.8 Å². The van der Waals surface area contributed by atoms with Crippen LogP contribution in [0.1, 0.15) is 27.7 Å². The first-order chi connectivity index (χ1) is 9.66. The van der Waals surface area contributed by atoms with Gasteiger partial charge in [-0.05, 0) is 39.8 Å². The molecule has 7 heteroatoms. The van der Waals surface area contributed by atoms with Crippen LogP contribution in [0, 0.1) is 5.82 Å². The van der Waals surface area contributed by atoms with Crippen molar-refractivity contribution in [3.05, 3.63) is 24.0 Å². The smallest absolute Gasteiger partial charge is 0.242 e. The lowest BCUT2D eigenvalue weighted by Gasteiger charge is -2.30. The van der Waals surface area contributed by atoms with Gasteiger partial charge < -0.3 is 5.73 Å². The van der Waals surface area contributed by atoms with E-state index in [2.05, 4.69) is 37.3 Å². The average molecular weight is 317 g/mol. The first-order valence-corrected chi connectivity index (χ1v) is 8.44. The molecule has 0 aliphatic rings. The van der Waals surface area contributed by atoms with Gasteiger partial charge in [-0.25, -0.2) is 17.5 Å². The Bertz CT molecular complexity index is 566. The van der Waals surface area contributed by atoms with Gasteiger partial charge in [0.05, 0.1) is 5.69 Å². The molecule has 1 rings (SSSR count). The molecule has 5 nitrogen and oxygen atoms in total. The van der Waals surface area contributed by atoms with Crippen LogP contribution in [0.3, 0.4) is 0 Å². The van der Waals surface area contributed by atoms with Crippen molar-refractivity contribution in [2.45, 2.75) is 44.7 Å². The maximum Gasteiger partial charge on any atom is 0.242 e. The van der Waals surface area contributed by atoms with Crippen molar-refractivity contribution in [3.63, 3.8) is 0 Å². The van der Waals surface area contributed by atoms with Crippen LogP contribution in [0.4, 0.5) is 10.1 Å². The lowest BCUT2D eigenvalue weighted by atomic mass is 10.2. The zero-order chi connectivity index (χ0) is 16.2. The quantitative estimate of drug-likeness (QED) is 0.752. The molecule has 0 saturated heterocycles. The number of sulfonamides is 1. The van der Waals surface area contributed by atoms with Crippen molar-refractivity contribution in [2.75, 3.05) is 18.8 Å². The number of nitrogen functional groups attached to an aromatic ring is 1. The van der Waals surface area contributed by atoms with Crippen LogP contribution in [0.25, 0.3) is 0 Å². The Labute approximate surface area is 126 Å². The standard InChI is InChI=1S/C14H24FN3O2S/c1-10(2)18(11(3)4)9-8-17-21(19,20)13-7-5-6-12(15)14(13)16/h5-7,10-11,17H,8-9,16H2,1-4H3. The number of rotatable bonds is 7. The Morgan fingerprint density at radius 2 is 1.81 bits per heavy atom. The molecule has 0 aliphatic heterocycles. The highest BCUT2D eigenvalue weighted by molar-refractivity contribution is 7.89. The van der Waals surface area contributed by atoms with Crippen molar-refractivity contribution in [2.24, 2.45) is 0 Å². The summed E-state index contributed by atoms with van der Waals surface area (Å²) < 4.78 is 40.1. The summed E-state index contributed by atoms with van der Waals surface area (Å²) in [6.45, 7) is 9.04. The van der Waals surface area contributed by atoms with Crippen molar-refractivity contribution in [1.29, 1.82) is 0 Å². The van der Waals surface area contributed by atoms with E-state index < -0.39 is 15.8 Å². The summed E-state index contributed by atoms with van der Waals surface area (Å²) in [4.78, 5) is 1.94. The van der Waals surface area contributed by atoms with Gasteiger partial charge in [0.2, 0.25) is 10.0 Å². The Balaban J connectivity index is 2.76. The van der Waals surface area contributed by atoms with Crippen LogP contribution >= 0.6 is 0 Å². The molecule has 3 N–H and O–H groups in total. The normalized spacial score (nSPS) is 12.6. The summed E-state index contributed by atoms with van der Waals surface area (Å²) >= 11 is 0. The second-order valence-electron chi connectivity index (χ2n) is 5.47. The van der Waals surface area contributed by atoms with E-state index in [9.17, 15) is 12.8 Å². The third kappa shape index (κ3) is 4.66. The van der Waals surface area contributed by atoms with E-state index in [4.69, 9.17) is 5.73 Å². The van der Waals surface area contributed by atoms with E-state index in [0.717, 1.165) is 6.07 Å². The molecule has 0 radical (unpaired) electrons. The summed E-state index contributed by atoms with van der Waals surface area (Å²) in [6.07, 6.45) is 0. The zero-order valence-electron chi connectivity index (χ0n) is 12.9. The molecule has 120 valence electrons. The molecule has 21 heavy (non-hydrogen) atoms. The highest BCUT2D eigenvalue weighted by Crippen LogP contribution is 2.20. The summed E-state index contributed by atoms with van der Waals surface area (Å²) in [5.74, 6) is -0.733. The fraction of sp³-hybridized carbons (Fsp3) is 0.571. The van der Waals surface area contributed by atoms with Gasteiger partial charge in [0.25, 0.3) is 0 Å². The maximum absolute atomic E-state index is 13.3. The predicted octanol–water partition coefficient (Wildman–Crippen LogP) is 1.80. The highest BCUT2D eigenvalue weighted by Gasteiger charge is 2.20. The third-order valence-corrected chi connectivity index (χ3v) is 4.81. The van der Waals surface area contributed by atoms with Crippen LogP contribution in [0.2, 0.25) is 0 Å². The molecule has 0 amide bonds. The number of benzene rings is 1. The molecule has 0 unspecified atom stereocenters. The number of nitrogens with zero attached hydrogens (tertiary/aromatic N) is 1. The van der Waals surface area contributed by atoms with Gasteiger partial charge in [-0.3, -0.25) is 4.90 Å². The van der Waals surface area contributed by atoms with Gasteiger partial charge >= 0.3 is 0 Å². The summed E-state index contributed by atoms with van der Waals surface area (Å²) in [5.41, 5.74) is 5.14. The summed E-state index contributed by atoms with van der Waals surface area (Å²) in [7, 11) is -3.80. The number of nitrogens with one attached hydrogen (secondary N) is 1. The number of anilines is 1. The molecular weight excluding hydrogens is 293 g/mol. The highest BCUT2D eigenvalue weighted by atomic mass is 32.2. The van der Waals surface area contributed by atoms with E-state index >= 15 is 0 Å². The predicted molar refractivity (Wildman–Crippen MR) is 83.0 cm³/mol. The molecule has 0 heterocycles. The Hall–Kier alpha value is -1.18. The Morgan fingerprint density at radius 3 is 2.33 bits per heavy atom. The third-order valence-electron chi connectivity index (χ3n) is 3.29. The number of hydrogen-bond donors (Lipinski definition) is 2. The maximum atomic E-state index is 13.3. The first-order valence-electron chi connectivity index (χ1n) is 6.96. The van der Waals surface area contributed by atoms with Crippen molar-refractivity contribution >= 4 is 15.7 Å². The second-order valence-corrected chi connectivity index (χ2v) is 7.21. The summed E-state index contributed by atoms with van der Waals surface area (Å²) in [6, 6.07) is 4.38. The van der Waals surface area contributed by atoms with Crippen LogP contribution in [0.15, 0.2) is 23.1 Å². The van der Waals surface area contributed by atoms with E-state index in [-0.39, 0.29) is 17.1 Å². The van der Waals surface area contributed by atoms with Crippen molar-refractivity contribution in [1.82, 2.24) is 9.62 Å². The minimum Gasteiger partial charge on any atom is -0.395 e. The van der Waals surface area contributed by atoms with Gasteiger partial charge in [-0.1, -0.05) is 6.07 Å². The molecule has 0 saturated carbocycles. The van der Waals surface area contributed by atoms with Crippen LogP contribution in [0.5, 0.6) is 0 Å². The number of hydrogen-bond acceptors (Lipinski definition) is 4. The van der Waals surface area contributed by atoms with Gasteiger partial charge in [-0.2, -0.15) is 0 Å². The summed E-state index contributed by atoms with van der Waals surface area (Å²) in [5, 5.41) is 0. The molecule has 0 atom stereocenters. The lowest BCUT2D eigenvalue weighted by Crippen LogP contribution is -2.42. The molecule has 1 aromatic carbocycles. The van der Waals surface area contributed by atoms with Gasteiger partial charge in [-0.15, -0.1) is 0 Å². The zero-order valence-corrected chi connectivity index (χ0v) is 13.7. The largest absolute Gasteiger partial charge is 0.395 e. The lowest BCUT2D eigenvalue weighted by molar-refractivity contribution is 0.179. The van der Waals surface area contributed by atoms with Crippen LogP contribution in [-0.2, 0) is 10.0 Å². The molecular formula is C14H24FN3O2S. The van der Waals surface area contributed by atoms with Gasteiger partial charge in [0, 0.05) is 25.2 Å². The number of para-hydroxylation sites is 1. The van der Waals surface area contributed by atoms with Crippen LogP contribution < -0.4 is 10.5 Å². The van der Waals surface area contributed by atoms with Crippen LogP contribution in [-0.4, -0.2) is 38.5 Å². The molecule has 0 aromatic heterocycles. The van der Waals surface area contributed by atoms with E-state index in [1.54, 1.807) is 0 Å². The molecule has 0 spiro atoms.